The Morgan fingerprint density at radius 1 is 0.963 bits per heavy atom. The van der Waals surface area contributed by atoms with Crippen molar-refractivity contribution in [1.29, 1.82) is 0 Å². The summed E-state index contributed by atoms with van der Waals surface area (Å²) in [6, 6.07) is 8.13. The number of carbonyl (C=O) groups excluding carboxylic acids is 2. The van der Waals surface area contributed by atoms with Gasteiger partial charge in [-0.2, -0.15) is 0 Å². The first-order valence-electron chi connectivity index (χ1n) is 7.92. The van der Waals surface area contributed by atoms with Crippen molar-refractivity contribution in [1.82, 2.24) is 0 Å². The number of carbonyl (C=O) groups is 2. The van der Waals surface area contributed by atoms with Gasteiger partial charge in [-0.1, -0.05) is 17.7 Å². The summed E-state index contributed by atoms with van der Waals surface area (Å²) in [6.45, 7) is 1.40. The van der Waals surface area contributed by atoms with Gasteiger partial charge in [0.2, 0.25) is 0 Å². The van der Waals surface area contributed by atoms with E-state index in [4.69, 9.17) is 30.5 Å². The van der Waals surface area contributed by atoms with E-state index in [2.05, 4.69) is 5.32 Å². The van der Waals surface area contributed by atoms with Gasteiger partial charge in [0.1, 0.15) is 11.3 Å². The highest BCUT2D eigenvalue weighted by Gasteiger charge is 2.20. The molecular formula is C19H20ClNO6. The first kappa shape index (κ1) is 20.4. The van der Waals surface area contributed by atoms with E-state index in [1.807, 2.05) is 13.0 Å². The molecule has 2 rings (SSSR count). The van der Waals surface area contributed by atoms with Crippen LogP contribution in [0.2, 0.25) is 5.02 Å². The highest BCUT2D eigenvalue weighted by molar-refractivity contribution is 6.33. The monoisotopic (exact) mass is 393 g/mol. The third kappa shape index (κ3) is 5.04. The maximum absolute atomic E-state index is 12.4. The predicted octanol–water partition coefficient (Wildman–Crippen LogP) is 3.47. The third-order valence-electron chi connectivity index (χ3n) is 3.66. The fourth-order valence-corrected chi connectivity index (χ4v) is 2.59. The van der Waals surface area contributed by atoms with Crippen LogP contribution in [0.1, 0.15) is 15.9 Å². The quantitative estimate of drug-likeness (QED) is 0.725. The molecule has 1 amide bonds. The minimum absolute atomic E-state index is 0.108. The molecule has 0 aliphatic rings. The molecular weight excluding hydrogens is 374 g/mol. The Bertz CT molecular complexity index is 852. The van der Waals surface area contributed by atoms with Crippen LogP contribution in [0.4, 0.5) is 5.69 Å². The van der Waals surface area contributed by atoms with Gasteiger partial charge in [-0.15, -0.1) is 0 Å². The van der Waals surface area contributed by atoms with Gasteiger partial charge in [0.15, 0.2) is 18.1 Å². The van der Waals surface area contributed by atoms with E-state index in [1.54, 1.807) is 12.1 Å². The summed E-state index contributed by atoms with van der Waals surface area (Å²) >= 11 is 6.07. The van der Waals surface area contributed by atoms with Crippen molar-refractivity contribution < 1.29 is 28.5 Å². The molecule has 0 unspecified atom stereocenters. The minimum atomic E-state index is -0.738. The molecule has 144 valence electrons. The van der Waals surface area contributed by atoms with Crippen molar-refractivity contribution in [2.24, 2.45) is 0 Å². The van der Waals surface area contributed by atoms with Crippen LogP contribution in [0.25, 0.3) is 0 Å². The Labute approximate surface area is 162 Å². The average Bonchev–Trinajstić information content (AvgIpc) is 2.67. The van der Waals surface area contributed by atoms with E-state index < -0.39 is 18.5 Å². The molecule has 0 saturated heterocycles. The van der Waals surface area contributed by atoms with Gasteiger partial charge in [-0.05, 0) is 24.6 Å². The predicted molar refractivity (Wildman–Crippen MR) is 101 cm³/mol. The second-order valence-corrected chi connectivity index (χ2v) is 5.92. The van der Waals surface area contributed by atoms with Crippen molar-refractivity contribution in [2.75, 3.05) is 33.3 Å². The summed E-state index contributed by atoms with van der Waals surface area (Å²) in [6.07, 6.45) is 0. The second kappa shape index (κ2) is 9.14. The summed E-state index contributed by atoms with van der Waals surface area (Å²) in [5, 5.41) is 2.99. The zero-order valence-electron chi connectivity index (χ0n) is 15.4. The molecule has 0 radical (unpaired) electrons. The number of rotatable bonds is 7. The lowest BCUT2D eigenvalue weighted by atomic mass is 10.1. The fourth-order valence-electron chi connectivity index (χ4n) is 2.31. The molecule has 0 fully saturated rings. The van der Waals surface area contributed by atoms with Crippen LogP contribution in [0, 0.1) is 6.92 Å². The molecule has 0 saturated carbocycles. The second-order valence-electron chi connectivity index (χ2n) is 5.52. The Balaban J connectivity index is 2.07. The summed E-state index contributed by atoms with van der Waals surface area (Å²) < 4.78 is 20.6. The maximum Gasteiger partial charge on any atom is 0.342 e. The zero-order chi connectivity index (χ0) is 20.0. The molecule has 0 heterocycles. The molecule has 0 spiro atoms. The number of esters is 1. The summed E-state index contributed by atoms with van der Waals surface area (Å²) in [5.41, 5.74) is 1.51. The van der Waals surface area contributed by atoms with Gasteiger partial charge >= 0.3 is 5.97 Å². The Morgan fingerprint density at radius 3 is 2.19 bits per heavy atom. The van der Waals surface area contributed by atoms with E-state index in [-0.39, 0.29) is 11.3 Å². The number of halogens is 1. The first-order chi connectivity index (χ1) is 12.9. The minimum Gasteiger partial charge on any atom is -0.496 e. The number of ether oxygens (including phenoxy) is 4. The van der Waals surface area contributed by atoms with Crippen LogP contribution < -0.4 is 19.5 Å². The number of hydrogen-bond acceptors (Lipinski definition) is 6. The lowest BCUT2D eigenvalue weighted by molar-refractivity contribution is -0.119. The summed E-state index contributed by atoms with van der Waals surface area (Å²) in [7, 11) is 4.32. The van der Waals surface area contributed by atoms with Crippen LogP contribution >= 0.6 is 11.6 Å². The van der Waals surface area contributed by atoms with Crippen LogP contribution in [0.3, 0.4) is 0 Å². The Hall–Kier alpha value is -2.93. The zero-order valence-corrected chi connectivity index (χ0v) is 16.2. The molecule has 2 aromatic carbocycles. The Kier molecular flexibility index (Phi) is 6.90. The molecule has 2 aromatic rings. The average molecular weight is 394 g/mol. The number of amides is 1. The smallest absolute Gasteiger partial charge is 0.342 e. The maximum atomic E-state index is 12.4. The number of benzene rings is 2. The molecule has 27 heavy (non-hydrogen) atoms. The molecule has 0 aliphatic heterocycles. The fraction of sp³-hybridized carbons (Fsp3) is 0.263. The summed E-state index contributed by atoms with van der Waals surface area (Å²) in [5.74, 6) is -0.287. The van der Waals surface area contributed by atoms with Gasteiger partial charge in [0.05, 0.1) is 32.0 Å². The van der Waals surface area contributed by atoms with E-state index in [0.717, 1.165) is 5.56 Å². The van der Waals surface area contributed by atoms with Crippen molar-refractivity contribution in [3.63, 3.8) is 0 Å². The van der Waals surface area contributed by atoms with Gasteiger partial charge < -0.3 is 24.3 Å². The van der Waals surface area contributed by atoms with Crippen LogP contribution in [0.15, 0.2) is 30.3 Å². The first-order valence-corrected chi connectivity index (χ1v) is 8.30. The van der Waals surface area contributed by atoms with E-state index >= 15 is 0 Å². The molecule has 0 atom stereocenters. The normalized spacial score (nSPS) is 10.1. The van der Waals surface area contributed by atoms with Crippen molar-refractivity contribution in [3.05, 3.63) is 46.5 Å². The number of aryl methyl sites for hydroxylation is 1. The molecule has 8 heteroatoms. The number of hydrogen-bond donors (Lipinski definition) is 1. The third-order valence-corrected chi connectivity index (χ3v) is 3.97. The topological polar surface area (TPSA) is 83.1 Å². The van der Waals surface area contributed by atoms with Gasteiger partial charge in [-0.3, -0.25) is 4.79 Å². The number of nitrogens with one attached hydrogen (secondary N) is 1. The molecule has 7 nitrogen and oxygen atoms in total. The van der Waals surface area contributed by atoms with Gasteiger partial charge in [0.25, 0.3) is 5.91 Å². The number of anilines is 1. The van der Waals surface area contributed by atoms with Gasteiger partial charge in [-0.25, -0.2) is 4.79 Å². The van der Waals surface area contributed by atoms with Crippen LogP contribution in [-0.4, -0.2) is 39.8 Å². The SMILES string of the molecule is COc1cc(OC)c(C(=O)OCC(=O)Nc2ccc(C)cc2Cl)cc1OC. The molecule has 0 aliphatic carbocycles. The van der Waals surface area contributed by atoms with Crippen molar-refractivity contribution >= 4 is 29.2 Å². The van der Waals surface area contributed by atoms with Crippen molar-refractivity contribution in [2.45, 2.75) is 6.92 Å². The lowest BCUT2D eigenvalue weighted by Crippen LogP contribution is -2.21. The summed E-state index contributed by atoms with van der Waals surface area (Å²) in [4.78, 5) is 24.4. The van der Waals surface area contributed by atoms with E-state index in [1.165, 1.54) is 33.5 Å². The van der Waals surface area contributed by atoms with Gasteiger partial charge in [0, 0.05) is 12.1 Å². The number of methoxy groups -OCH3 is 3. The standard InChI is InChI=1S/C19H20ClNO6/c1-11-5-6-14(13(20)7-11)21-18(22)10-27-19(23)12-8-16(25-3)17(26-4)9-15(12)24-2/h5-9H,10H2,1-4H3,(H,21,22). The molecule has 0 bridgehead atoms. The van der Waals surface area contributed by atoms with Crippen LogP contribution in [-0.2, 0) is 9.53 Å². The van der Waals surface area contributed by atoms with Crippen molar-refractivity contribution in [3.8, 4) is 17.2 Å². The molecule has 0 aromatic heterocycles. The molecule has 1 N–H and O–H groups in total. The van der Waals surface area contributed by atoms with Crippen LogP contribution in [0.5, 0.6) is 17.2 Å². The van der Waals surface area contributed by atoms with E-state index in [9.17, 15) is 9.59 Å². The lowest BCUT2D eigenvalue weighted by Gasteiger charge is -2.13. The Morgan fingerprint density at radius 2 is 1.59 bits per heavy atom. The van der Waals surface area contributed by atoms with E-state index in [0.29, 0.717) is 22.2 Å². The highest BCUT2D eigenvalue weighted by Crippen LogP contribution is 2.35. The highest BCUT2D eigenvalue weighted by atomic mass is 35.5. The largest absolute Gasteiger partial charge is 0.496 e.